The Bertz CT molecular complexity index is 975. The second kappa shape index (κ2) is 15.1. The summed E-state index contributed by atoms with van der Waals surface area (Å²) in [6, 6.07) is 7.09. The summed E-state index contributed by atoms with van der Waals surface area (Å²) >= 11 is 0. The van der Waals surface area contributed by atoms with Gasteiger partial charge in [0.2, 0.25) is 11.8 Å². The van der Waals surface area contributed by atoms with Crippen molar-refractivity contribution in [3.8, 4) is 0 Å². The zero-order valence-electron chi connectivity index (χ0n) is 24.1. The van der Waals surface area contributed by atoms with E-state index in [0.717, 1.165) is 57.3 Å². The number of allylic oxidation sites excluding steroid dienone is 1. The lowest BCUT2D eigenvalue weighted by Crippen LogP contribution is -2.44. The summed E-state index contributed by atoms with van der Waals surface area (Å²) in [5, 5.41) is 12.2. The van der Waals surface area contributed by atoms with Crippen LogP contribution in [0, 0.1) is 23.7 Å². The minimum atomic E-state index is -0.696. The van der Waals surface area contributed by atoms with Gasteiger partial charge in [-0.2, -0.15) is 0 Å². The van der Waals surface area contributed by atoms with Crippen molar-refractivity contribution in [3.05, 3.63) is 36.4 Å². The van der Waals surface area contributed by atoms with Crippen LogP contribution in [0.25, 0.3) is 0 Å². The number of unbranched alkanes of at least 4 members (excludes halogenated alkanes) is 3. The van der Waals surface area contributed by atoms with Crippen molar-refractivity contribution in [1.29, 1.82) is 0 Å². The molecule has 3 rings (SSSR count). The van der Waals surface area contributed by atoms with Crippen molar-refractivity contribution < 1.29 is 24.2 Å². The minimum Gasteiger partial charge on any atom is -0.466 e. The molecule has 5 atom stereocenters. The Morgan fingerprint density at radius 3 is 2.31 bits per heavy atom. The fourth-order valence-corrected chi connectivity index (χ4v) is 6.22. The highest BCUT2D eigenvalue weighted by molar-refractivity contribution is 6.01. The number of carbonyl (C=O) groups is 3. The number of benzene rings is 1. The Morgan fingerprint density at radius 2 is 1.69 bits per heavy atom. The van der Waals surface area contributed by atoms with Gasteiger partial charge in [0.1, 0.15) is 6.04 Å². The summed E-state index contributed by atoms with van der Waals surface area (Å²) in [5.74, 6) is -2.39. The number of ether oxygens (including phenoxy) is 1. The van der Waals surface area contributed by atoms with E-state index in [0.29, 0.717) is 12.2 Å². The summed E-state index contributed by atoms with van der Waals surface area (Å²) in [6.07, 6.45) is 8.88. The first-order chi connectivity index (χ1) is 18.9. The second-order valence-corrected chi connectivity index (χ2v) is 10.5. The normalized spacial score (nSPS) is 24.0. The van der Waals surface area contributed by atoms with Gasteiger partial charge in [-0.25, -0.2) is 0 Å². The van der Waals surface area contributed by atoms with E-state index in [1.54, 1.807) is 11.8 Å². The standard InChI is InChI=1S/C31H47N3O5/c1-5-13-22-14-19-25-27(26(22)31(38)39-8-4)30(37)34(20-11-9-10-12-21-35)28(25)29(36)32-23-15-17-24(18-16-23)33(6-2)7-3/h14-19,22,25-28,35H,5-13,20-21H2,1-4H3,(H,32,36)/t22-,25+,26-,27+,28+/m1/s1. The van der Waals surface area contributed by atoms with Crippen molar-refractivity contribution in [3.63, 3.8) is 0 Å². The number of aliphatic hydroxyl groups is 1. The van der Waals surface area contributed by atoms with E-state index >= 15 is 0 Å². The number of aliphatic hydroxyl groups excluding tert-OH is 1. The zero-order chi connectivity index (χ0) is 28.4. The number of nitrogens with zero attached hydrogens (tertiary/aromatic N) is 2. The molecule has 0 unspecified atom stereocenters. The van der Waals surface area contributed by atoms with Crippen molar-refractivity contribution in [2.24, 2.45) is 23.7 Å². The van der Waals surface area contributed by atoms with Crippen molar-refractivity contribution in [2.45, 2.75) is 72.3 Å². The number of nitrogens with one attached hydrogen (secondary N) is 1. The van der Waals surface area contributed by atoms with Crippen LogP contribution >= 0.6 is 0 Å². The Hall–Kier alpha value is -2.87. The number of anilines is 2. The smallest absolute Gasteiger partial charge is 0.310 e. The molecule has 2 N–H and O–H groups in total. The van der Waals surface area contributed by atoms with E-state index in [1.807, 2.05) is 36.4 Å². The van der Waals surface area contributed by atoms with Gasteiger partial charge in [-0.15, -0.1) is 0 Å². The molecule has 1 heterocycles. The van der Waals surface area contributed by atoms with Gasteiger partial charge in [-0.05, 0) is 70.2 Å². The Balaban J connectivity index is 1.88. The Labute approximate surface area is 233 Å². The van der Waals surface area contributed by atoms with Crippen molar-refractivity contribution in [1.82, 2.24) is 4.90 Å². The second-order valence-electron chi connectivity index (χ2n) is 10.5. The van der Waals surface area contributed by atoms with Crippen LogP contribution < -0.4 is 10.2 Å². The molecule has 1 aliphatic heterocycles. The fraction of sp³-hybridized carbons (Fsp3) is 0.645. The predicted molar refractivity (Wildman–Crippen MR) is 154 cm³/mol. The molecule has 0 aromatic heterocycles. The molecule has 8 nitrogen and oxygen atoms in total. The van der Waals surface area contributed by atoms with Crippen LogP contribution in [0.5, 0.6) is 0 Å². The first-order valence-electron chi connectivity index (χ1n) is 14.8. The van der Waals surface area contributed by atoms with Crippen LogP contribution in [-0.2, 0) is 19.1 Å². The monoisotopic (exact) mass is 541 g/mol. The van der Waals surface area contributed by atoms with Gasteiger partial charge in [0.25, 0.3) is 0 Å². The third-order valence-electron chi connectivity index (χ3n) is 8.13. The van der Waals surface area contributed by atoms with Crippen LogP contribution in [-0.4, -0.2) is 66.7 Å². The molecule has 0 bridgehead atoms. The zero-order valence-corrected chi connectivity index (χ0v) is 24.1. The Kier molecular flexibility index (Phi) is 11.8. The number of hydrogen-bond acceptors (Lipinski definition) is 6. The number of carbonyl (C=O) groups excluding carboxylic acids is 3. The van der Waals surface area contributed by atoms with Gasteiger partial charge >= 0.3 is 5.97 Å². The van der Waals surface area contributed by atoms with E-state index in [9.17, 15) is 14.4 Å². The van der Waals surface area contributed by atoms with E-state index in [1.165, 1.54) is 0 Å². The molecule has 1 fully saturated rings. The first kappa shape index (κ1) is 30.7. The molecule has 0 spiro atoms. The van der Waals surface area contributed by atoms with Gasteiger partial charge in [0, 0.05) is 43.5 Å². The molecule has 216 valence electrons. The van der Waals surface area contributed by atoms with E-state index in [2.05, 4.69) is 31.0 Å². The lowest BCUT2D eigenvalue weighted by atomic mass is 9.69. The van der Waals surface area contributed by atoms with Gasteiger partial charge in [0.15, 0.2) is 0 Å². The van der Waals surface area contributed by atoms with Crippen LogP contribution in [0.2, 0.25) is 0 Å². The van der Waals surface area contributed by atoms with Crippen LogP contribution in [0.3, 0.4) is 0 Å². The quantitative estimate of drug-likeness (QED) is 0.191. The predicted octanol–water partition coefficient (Wildman–Crippen LogP) is 4.63. The fourth-order valence-electron chi connectivity index (χ4n) is 6.22. The summed E-state index contributed by atoms with van der Waals surface area (Å²) in [7, 11) is 0. The molecule has 1 aromatic rings. The number of hydrogen-bond donors (Lipinski definition) is 2. The van der Waals surface area contributed by atoms with Crippen molar-refractivity contribution >= 4 is 29.2 Å². The summed E-state index contributed by atoms with van der Waals surface area (Å²) in [6.45, 7) is 10.7. The largest absolute Gasteiger partial charge is 0.466 e. The van der Waals surface area contributed by atoms with E-state index in [-0.39, 0.29) is 36.9 Å². The van der Waals surface area contributed by atoms with Crippen LogP contribution in [0.15, 0.2) is 36.4 Å². The van der Waals surface area contributed by atoms with Gasteiger partial charge < -0.3 is 25.0 Å². The molecule has 1 aliphatic carbocycles. The maximum Gasteiger partial charge on any atom is 0.310 e. The summed E-state index contributed by atoms with van der Waals surface area (Å²) in [4.78, 5) is 44.8. The van der Waals surface area contributed by atoms with E-state index in [4.69, 9.17) is 9.84 Å². The van der Waals surface area contributed by atoms with Crippen LogP contribution in [0.4, 0.5) is 11.4 Å². The molecular formula is C31H47N3O5. The highest BCUT2D eigenvalue weighted by Crippen LogP contribution is 2.46. The lowest BCUT2D eigenvalue weighted by Gasteiger charge is -2.33. The molecule has 0 saturated carbocycles. The topological polar surface area (TPSA) is 99.2 Å². The maximum atomic E-state index is 13.9. The summed E-state index contributed by atoms with van der Waals surface area (Å²) < 4.78 is 5.44. The SMILES string of the molecule is CCC[C@@H]1C=C[C@H]2[C@H](C(=O)N(CCCCCCO)[C@@H]2C(=O)Nc2ccc(N(CC)CC)cc2)[C@@H]1C(=O)OCC. The summed E-state index contributed by atoms with van der Waals surface area (Å²) in [5.41, 5.74) is 1.77. The molecule has 0 radical (unpaired) electrons. The minimum absolute atomic E-state index is 0.0833. The van der Waals surface area contributed by atoms with Crippen LogP contribution in [0.1, 0.15) is 66.2 Å². The molecule has 2 amide bonds. The molecule has 1 aromatic carbocycles. The number of amides is 2. The van der Waals surface area contributed by atoms with Gasteiger partial charge in [-0.3, -0.25) is 14.4 Å². The number of rotatable bonds is 15. The average molecular weight is 542 g/mol. The third-order valence-corrected chi connectivity index (χ3v) is 8.13. The molecular weight excluding hydrogens is 494 g/mol. The molecule has 39 heavy (non-hydrogen) atoms. The number of esters is 1. The number of likely N-dealkylation sites (tertiary alicyclic amines) is 1. The molecule has 8 heteroatoms. The molecule has 1 saturated heterocycles. The highest BCUT2D eigenvalue weighted by atomic mass is 16.5. The lowest BCUT2D eigenvalue weighted by molar-refractivity contribution is -0.155. The third kappa shape index (κ3) is 7.21. The van der Waals surface area contributed by atoms with Gasteiger partial charge in [-0.1, -0.05) is 38.3 Å². The molecule has 2 aliphatic rings. The van der Waals surface area contributed by atoms with Gasteiger partial charge in [0.05, 0.1) is 18.4 Å². The number of fused-ring (bicyclic) bond motifs is 1. The Morgan fingerprint density at radius 1 is 1.00 bits per heavy atom. The first-order valence-corrected chi connectivity index (χ1v) is 14.8. The maximum absolute atomic E-state index is 13.9. The average Bonchev–Trinajstić information content (AvgIpc) is 3.21. The van der Waals surface area contributed by atoms with E-state index < -0.39 is 23.8 Å². The van der Waals surface area contributed by atoms with Crippen molar-refractivity contribution in [2.75, 3.05) is 43.1 Å². The highest BCUT2D eigenvalue weighted by Gasteiger charge is 2.57.